The smallest absolute Gasteiger partial charge is 0.287 e. The lowest BCUT2D eigenvalue weighted by Gasteiger charge is -2.46. The molecule has 0 saturated carbocycles. The molecule has 1 aromatic heterocycles. The Morgan fingerprint density at radius 1 is 0.314 bits per heavy atom. The summed E-state index contributed by atoms with van der Waals surface area (Å²) in [7, 11) is 0. The van der Waals surface area contributed by atoms with Gasteiger partial charge in [-0.15, -0.1) is 0 Å². The highest BCUT2D eigenvalue weighted by Gasteiger charge is 2.47. The molecule has 0 N–H and O–H groups in total. The van der Waals surface area contributed by atoms with Crippen LogP contribution in [0.25, 0.3) is 32.7 Å². The zero-order chi connectivity index (χ0) is 63.5. The summed E-state index contributed by atoms with van der Waals surface area (Å²) in [5.74, 6) is 0.110. The van der Waals surface area contributed by atoms with Crippen molar-refractivity contribution in [2.24, 2.45) is 0 Å². The van der Waals surface area contributed by atoms with Crippen LogP contribution in [0.15, 0.2) is 182 Å². The van der Waals surface area contributed by atoms with E-state index in [9.17, 15) is 110 Å². The fourth-order valence-corrected chi connectivity index (χ4v) is 10.0. The molecule has 0 aliphatic rings. The van der Waals surface area contributed by atoms with E-state index in [0.29, 0.717) is 6.54 Å². The van der Waals surface area contributed by atoms with Gasteiger partial charge in [0.2, 0.25) is 12.3 Å². The normalized spacial score (nSPS) is 13.2. The van der Waals surface area contributed by atoms with Gasteiger partial charge in [-0.1, -0.05) is 127 Å². The Labute approximate surface area is 468 Å². The molecule has 1 heterocycles. The van der Waals surface area contributed by atoms with E-state index in [2.05, 4.69) is 66.7 Å². The Bertz CT molecular complexity index is 3490. The second-order valence-electron chi connectivity index (χ2n) is 19.5. The average Bonchev–Trinajstić information content (AvgIpc) is 0.751. The van der Waals surface area contributed by atoms with E-state index in [1.54, 1.807) is 0 Å². The van der Waals surface area contributed by atoms with Gasteiger partial charge in [-0.3, -0.25) is 4.79 Å². The minimum Gasteiger partial charge on any atom is -0.287 e. The molecule has 0 aliphatic carbocycles. The zero-order valence-corrected chi connectivity index (χ0v) is 42.5. The van der Waals surface area contributed by atoms with Crippen LogP contribution < -0.4 is 26.4 Å². The Balaban J connectivity index is 0.000000274. The molecule has 0 bridgehead atoms. The number of pyridine rings is 1. The fraction of sp³-hybridized carbons (Fsp3) is 0.153. The van der Waals surface area contributed by atoms with Gasteiger partial charge in [0.05, 0.1) is 44.5 Å². The summed E-state index contributed by atoms with van der Waals surface area (Å²) in [6, 6.07) is 24.1. The topological polar surface area (TPSA) is 20.9 Å². The number of hydrogen-bond donors (Lipinski definition) is 0. The van der Waals surface area contributed by atoms with Gasteiger partial charge in [0.25, 0.3) is 0 Å². The molecule has 0 amide bonds. The molecule has 0 radical (unpaired) electrons. The van der Waals surface area contributed by atoms with E-state index in [1.807, 2.05) is 47.3 Å². The summed E-state index contributed by atoms with van der Waals surface area (Å²) in [6.45, 7) is 0.334. The number of hydrogen-bond acceptors (Lipinski definition) is 1. The highest BCUT2D eigenvalue weighted by molar-refractivity contribution is 7.20. The van der Waals surface area contributed by atoms with Crippen LogP contribution >= 0.6 is 0 Å². The van der Waals surface area contributed by atoms with Crippen molar-refractivity contribution < 1.29 is 115 Å². The van der Waals surface area contributed by atoms with Crippen LogP contribution in [0.3, 0.4) is 0 Å². The third-order valence-electron chi connectivity index (χ3n) is 13.8. The van der Waals surface area contributed by atoms with Crippen LogP contribution in [-0.2, 0) is 56.0 Å². The number of Topliss-reactive ketones (excluding diaryl/α,β-unsaturated/α-hetero) is 1. The van der Waals surface area contributed by atoms with Gasteiger partial charge < -0.3 is 0 Å². The van der Waals surface area contributed by atoms with Crippen molar-refractivity contribution in [1.82, 2.24) is 0 Å². The molecular weight excluding hydrogens is 1210 g/mol. The van der Waals surface area contributed by atoms with Crippen molar-refractivity contribution in [2.75, 3.05) is 0 Å². The molecule has 86 heavy (non-hydrogen) atoms. The van der Waals surface area contributed by atoms with Gasteiger partial charge in [0, 0.05) is 17.7 Å². The molecule has 27 heteroatoms. The van der Waals surface area contributed by atoms with E-state index in [4.69, 9.17) is 0 Å². The zero-order valence-electron chi connectivity index (χ0n) is 42.5. The second-order valence-corrected chi connectivity index (χ2v) is 19.5. The summed E-state index contributed by atoms with van der Waals surface area (Å²) < 4.78 is 343. The molecule has 9 rings (SSSR count). The van der Waals surface area contributed by atoms with Crippen molar-refractivity contribution in [2.45, 2.75) is 56.0 Å². The first-order chi connectivity index (χ1) is 39.6. The third-order valence-corrected chi connectivity index (χ3v) is 13.8. The number of carbonyl (C=O) groups excluding carboxylic acids is 1. The van der Waals surface area contributed by atoms with E-state index >= 15 is 0 Å². The van der Waals surface area contributed by atoms with Gasteiger partial charge in [-0.25, -0.2) is 0 Å². The fourth-order valence-electron chi connectivity index (χ4n) is 10.0. The molecule has 450 valence electrons. The predicted octanol–water partition coefficient (Wildman–Crippen LogP) is 17.0. The predicted molar refractivity (Wildman–Crippen MR) is 268 cm³/mol. The molecule has 8 aromatic carbocycles. The van der Waals surface area contributed by atoms with Crippen LogP contribution in [0.2, 0.25) is 0 Å². The van der Waals surface area contributed by atoms with Gasteiger partial charge in [-0.2, -0.15) is 132 Å². The second kappa shape index (κ2) is 22.4. The maximum absolute atomic E-state index is 14.2. The molecule has 0 atom stereocenters. The summed E-state index contributed by atoms with van der Waals surface area (Å²) in [5, 5.41) is 4.95. The van der Waals surface area contributed by atoms with E-state index in [1.165, 1.54) is 27.1 Å². The number of rotatable bonds is 8. The number of nitrogens with zero attached hydrogens (tertiary/aromatic N) is 1. The monoisotopic (exact) mass is 1240 g/mol. The lowest BCUT2D eigenvalue weighted by Crippen LogP contribution is -2.75. The van der Waals surface area contributed by atoms with Gasteiger partial charge in [-0.05, 0) is 63.0 Å². The molecule has 0 fully saturated rings. The largest absolute Gasteiger partial charge is 0.416 e. The van der Waals surface area contributed by atoms with Crippen LogP contribution in [0.5, 0.6) is 0 Å². The first-order valence-corrected chi connectivity index (χ1v) is 24.4. The summed E-state index contributed by atoms with van der Waals surface area (Å²) >= 11 is 0. The van der Waals surface area contributed by atoms with E-state index in [-0.39, 0.29) is 5.78 Å². The lowest BCUT2D eigenvalue weighted by atomic mass is 9.12. The number of benzene rings is 8. The Hall–Kier alpha value is -8.52. The average molecular weight is 1240 g/mol. The molecule has 0 spiro atoms. The minimum absolute atomic E-state index is 0.110. The lowest BCUT2D eigenvalue weighted by molar-refractivity contribution is -0.683. The number of aromatic nitrogens is 1. The highest BCUT2D eigenvalue weighted by atomic mass is 19.4. The van der Waals surface area contributed by atoms with Gasteiger partial charge in [0.1, 0.15) is 6.15 Å². The standard InChI is InChI=1S/C32H12BF24.C27H20NO/c34-25(35,36)13-1-14(26(37,38)39)6-21(5-13)33(22-7-15(27(40,41)42)2-16(8-22)28(43,44)45,23-9-17(29(46,47)48)3-18(10-23)30(49,50)51)24-11-19(31(52,53)54)4-20(12-24)32(55,56)57;29-26(20-8-2-1-3-9-20)19-28-16-14-21(15-17-28)27-24-12-6-4-10-22(24)18-23-11-5-7-13-25(23)27/h1-12H;1-18H,19H2/q-1;+1. The Morgan fingerprint density at radius 3 is 0.837 bits per heavy atom. The SMILES string of the molecule is FC(F)(F)c1cc([B-](c2cc(C(F)(F)F)cc(C(F)(F)F)c2)(c2cc(C(F)(F)F)cc(C(F)(F)F)c2)c2cc(C(F)(F)F)cc(C(F)(F)F)c2)cc(C(F)(F)F)c1.O=C(C[n+]1ccc(-c2c3ccccc3cc3ccccc23)cc1)c1ccccc1. The van der Waals surface area contributed by atoms with Crippen molar-refractivity contribution in [3.05, 3.63) is 232 Å². The van der Waals surface area contributed by atoms with E-state index in [0.717, 1.165) is 11.1 Å². The van der Waals surface area contributed by atoms with Crippen LogP contribution in [0.4, 0.5) is 105 Å². The quantitative estimate of drug-likeness (QED) is 0.0488. The number of halogens is 24. The molecule has 0 saturated heterocycles. The third kappa shape index (κ3) is 13.6. The minimum atomic E-state index is -6.13. The van der Waals surface area contributed by atoms with Crippen molar-refractivity contribution in [3.8, 4) is 11.1 Å². The Morgan fingerprint density at radius 2 is 0.570 bits per heavy atom. The van der Waals surface area contributed by atoms with Crippen molar-refractivity contribution in [1.29, 1.82) is 0 Å². The molecule has 0 unspecified atom stereocenters. The Kier molecular flexibility index (Phi) is 16.5. The van der Waals surface area contributed by atoms with Crippen LogP contribution in [0, 0.1) is 0 Å². The molecule has 0 aliphatic heterocycles. The first-order valence-electron chi connectivity index (χ1n) is 24.4. The number of alkyl halides is 24. The van der Waals surface area contributed by atoms with Gasteiger partial charge >= 0.3 is 49.4 Å². The van der Waals surface area contributed by atoms with Crippen molar-refractivity contribution in [3.63, 3.8) is 0 Å². The summed E-state index contributed by atoms with van der Waals surface area (Å²) in [6.07, 6.45) is -50.8. The highest BCUT2D eigenvalue weighted by Crippen LogP contribution is 2.42. The number of fused-ring (bicyclic) bond motifs is 2. The van der Waals surface area contributed by atoms with E-state index < -0.39 is 195 Å². The molecule has 2 nitrogen and oxygen atoms in total. The maximum atomic E-state index is 14.2. The summed E-state index contributed by atoms with van der Waals surface area (Å²) in [5.41, 5.74) is -27.1. The van der Waals surface area contributed by atoms with Crippen molar-refractivity contribution >= 4 is 55.3 Å². The van der Waals surface area contributed by atoms with Gasteiger partial charge in [0.15, 0.2) is 12.4 Å². The number of carbonyl (C=O) groups is 1. The van der Waals surface area contributed by atoms with Crippen LogP contribution in [0.1, 0.15) is 54.9 Å². The number of ketones is 1. The van der Waals surface area contributed by atoms with Crippen LogP contribution in [-0.4, -0.2) is 11.9 Å². The summed E-state index contributed by atoms with van der Waals surface area (Å²) in [4.78, 5) is 12.5. The first kappa shape index (κ1) is 63.5. The molecule has 9 aromatic rings. The molecular formula is C59H32BF24NO. The maximum Gasteiger partial charge on any atom is 0.416 e.